The second-order valence-corrected chi connectivity index (χ2v) is 6.40. The van der Waals surface area contributed by atoms with Crippen LogP contribution in [0.4, 0.5) is 5.69 Å². The second-order valence-electron chi connectivity index (χ2n) is 5.65. The van der Waals surface area contributed by atoms with Gasteiger partial charge in [0.1, 0.15) is 16.9 Å². The predicted octanol–water partition coefficient (Wildman–Crippen LogP) is 4.63. The monoisotopic (exact) mass is 356 g/mol. The smallest absolute Gasteiger partial charge is 0.149 e. The van der Waals surface area contributed by atoms with Gasteiger partial charge in [-0.15, -0.1) is 0 Å². The number of hydrogen-bond acceptors (Lipinski definition) is 3. The molecule has 0 saturated carbocycles. The van der Waals surface area contributed by atoms with Gasteiger partial charge in [-0.1, -0.05) is 50.2 Å². The van der Waals surface area contributed by atoms with Crippen molar-refractivity contribution in [2.24, 2.45) is 5.10 Å². The fourth-order valence-electron chi connectivity index (χ4n) is 2.65. The van der Waals surface area contributed by atoms with E-state index in [-0.39, 0.29) is 0 Å². The second kappa shape index (κ2) is 6.05. The van der Waals surface area contributed by atoms with Crippen LogP contribution in [0.3, 0.4) is 0 Å². The molecular weight excluding hydrogens is 340 g/mol. The maximum absolute atomic E-state index is 11.7. The van der Waals surface area contributed by atoms with E-state index in [2.05, 4.69) is 47.0 Å². The Balaban J connectivity index is 2.04. The molecule has 2 aromatic carbocycles. The summed E-state index contributed by atoms with van der Waals surface area (Å²) in [6, 6.07) is 15.6. The zero-order valence-electron chi connectivity index (χ0n) is 12.5. The van der Waals surface area contributed by atoms with Gasteiger partial charge < -0.3 is 4.79 Å². The molecule has 0 radical (unpaired) electrons. The molecule has 1 aliphatic rings. The molecule has 112 valence electrons. The Hall–Kier alpha value is -1.94. The van der Waals surface area contributed by atoms with Crippen LogP contribution < -0.4 is 5.01 Å². The number of carbonyl (C=O) groups excluding carboxylic acids is 1. The molecule has 0 aliphatic carbocycles. The fraction of sp³-hybridized carbons (Fsp3) is 0.222. The molecule has 0 fully saturated rings. The minimum atomic E-state index is -0.401. The highest BCUT2D eigenvalue weighted by Crippen LogP contribution is 2.34. The summed E-state index contributed by atoms with van der Waals surface area (Å²) in [7, 11) is 0. The van der Waals surface area contributed by atoms with Crippen molar-refractivity contribution in [2.75, 3.05) is 5.01 Å². The number of nitrogens with zero attached hydrogens (tertiary/aromatic N) is 2. The van der Waals surface area contributed by atoms with Crippen molar-refractivity contribution in [3.05, 3.63) is 65.2 Å². The molecule has 0 bridgehead atoms. The fourth-order valence-corrected chi connectivity index (χ4v) is 3.18. The average Bonchev–Trinajstić information content (AvgIpc) is 2.55. The highest BCUT2D eigenvalue weighted by molar-refractivity contribution is 9.18. The highest BCUT2D eigenvalue weighted by atomic mass is 79.9. The Morgan fingerprint density at radius 3 is 2.45 bits per heavy atom. The number of anilines is 1. The summed E-state index contributed by atoms with van der Waals surface area (Å²) in [5.41, 5.74) is 4.11. The van der Waals surface area contributed by atoms with Crippen molar-refractivity contribution in [3.63, 3.8) is 0 Å². The van der Waals surface area contributed by atoms with E-state index < -0.39 is 6.04 Å². The van der Waals surface area contributed by atoms with E-state index in [4.69, 9.17) is 0 Å². The van der Waals surface area contributed by atoms with Gasteiger partial charge in [0.2, 0.25) is 0 Å². The molecule has 1 aliphatic heterocycles. The first kappa shape index (κ1) is 15.0. The van der Waals surface area contributed by atoms with E-state index in [9.17, 15) is 4.79 Å². The summed E-state index contributed by atoms with van der Waals surface area (Å²) in [4.78, 5) is 11.7. The van der Waals surface area contributed by atoms with Gasteiger partial charge in [0.05, 0.1) is 5.69 Å². The van der Waals surface area contributed by atoms with Crippen molar-refractivity contribution in [2.45, 2.75) is 25.8 Å². The van der Waals surface area contributed by atoms with E-state index in [1.165, 1.54) is 5.56 Å². The van der Waals surface area contributed by atoms with Crippen molar-refractivity contribution >= 4 is 32.5 Å². The zero-order chi connectivity index (χ0) is 15.7. The molecule has 4 heteroatoms. The lowest BCUT2D eigenvalue weighted by Gasteiger charge is -2.31. The Bertz CT molecular complexity index is 722. The maximum atomic E-state index is 11.7. The third-order valence-electron chi connectivity index (χ3n) is 3.91. The highest BCUT2D eigenvalue weighted by Gasteiger charge is 2.28. The molecular formula is C18H17BrN2O. The predicted molar refractivity (Wildman–Crippen MR) is 93.7 cm³/mol. The number of benzene rings is 2. The van der Waals surface area contributed by atoms with E-state index in [0.717, 1.165) is 27.7 Å². The third-order valence-corrected chi connectivity index (χ3v) is 4.50. The van der Waals surface area contributed by atoms with Gasteiger partial charge in [-0.25, -0.2) is 5.01 Å². The third kappa shape index (κ3) is 2.59. The topological polar surface area (TPSA) is 32.7 Å². The van der Waals surface area contributed by atoms with Crippen LogP contribution in [0.15, 0.2) is 53.6 Å². The van der Waals surface area contributed by atoms with Gasteiger partial charge in [0.15, 0.2) is 0 Å². The molecule has 0 saturated heterocycles. The first-order chi connectivity index (χ1) is 10.6. The molecule has 0 N–H and O–H groups in total. The Morgan fingerprint density at radius 1 is 1.14 bits per heavy atom. The van der Waals surface area contributed by atoms with E-state index in [1.54, 1.807) is 5.01 Å². The molecule has 1 unspecified atom stereocenters. The Labute approximate surface area is 138 Å². The van der Waals surface area contributed by atoms with Gasteiger partial charge in [-0.05, 0) is 45.1 Å². The summed E-state index contributed by atoms with van der Waals surface area (Å²) in [6.07, 6.45) is 0.943. The SMILES string of the molecule is CC(C)c1ccc(N2N=C(Br)c3ccccc3C2C=O)cc1. The van der Waals surface area contributed by atoms with Gasteiger partial charge in [-0.2, -0.15) is 5.10 Å². The van der Waals surface area contributed by atoms with Gasteiger partial charge in [0.25, 0.3) is 0 Å². The van der Waals surface area contributed by atoms with Crippen LogP contribution >= 0.6 is 15.9 Å². The van der Waals surface area contributed by atoms with Crippen LogP contribution in [0.5, 0.6) is 0 Å². The van der Waals surface area contributed by atoms with Crippen molar-refractivity contribution < 1.29 is 4.79 Å². The molecule has 3 rings (SSSR count). The average molecular weight is 357 g/mol. The molecule has 1 atom stereocenters. The number of carbonyl (C=O) groups is 1. The quantitative estimate of drug-likeness (QED) is 0.751. The summed E-state index contributed by atoms with van der Waals surface area (Å²) >= 11 is 3.51. The number of halogens is 1. The normalized spacial score (nSPS) is 17.2. The van der Waals surface area contributed by atoms with Crippen molar-refractivity contribution in [3.8, 4) is 0 Å². The van der Waals surface area contributed by atoms with Crippen molar-refractivity contribution in [1.29, 1.82) is 0 Å². The number of hydrogen-bond donors (Lipinski definition) is 0. The lowest BCUT2D eigenvalue weighted by molar-refractivity contribution is -0.109. The van der Waals surface area contributed by atoms with E-state index >= 15 is 0 Å². The van der Waals surface area contributed by atoms with Gasteiger partial charge >= 0.3 is 0 Å². The first-order valence-corrected chi connectivity index (χ1v) is 8.09. The number of aldehydes is 1. The minimum absolute atomic E-state index is 0.401. The molecule has 0 aromatic heterocycles. The first-order valence-electron chi connectivity index (χ1n) is 7.29. The van der Waals surface area contributed by atoms with Crippen LogP contribution in [0.1, 0.15) is 42.5 Å². The number of fused-ring (bicyclic) bond motifs is 1. The molecule has 0 spiro atoms. The summed E-state index contributed by atoms with van der Waals surface area (Å²) in [5.74, 6) is 0.480. The van der Waals surface area contributed by atoms with Crippen LogP contribution in [-0.4, -0.2) is 10.9 Å². The van der Waals surface area contributed by atoms with Gasteiger partial charge in [0, 0.05) is 5.56 Å². The zero-order valence-corrected chi connectivity index (χ0v) is 14.1. The lowest BCUT2D eigenvalue weighted by atomic mass is 9.99. The van der Waals surface area contributed by atoms with Crippen LogP contribution in [-0.2, 0) is 4.79 Å². The van der Waals surface area contributed by atoms with Crippen LogP contribution in [0.2, 0.25) is 0 Å². The molecule has 22 heavy (non-hydrogen) atoms. The largest absolute Gasteiger partial charge is 0.301 e. The van der Waals surface area contributed by atoms with E-state index in [0.29, 0.717) is 5.92 Å². The molecule has 0 amide bonds. The lowest BCUT2D eigenvalue weighted by Crippen LogP contribution is -2.30. The minimum Gasteiger partial charge on any atom is -0.301 e. The van der Waals surface area contributed by atoms with Gasteiger partial charge in [-0.3, -0.25) is 0 Å². The summed E-state index contributed by atoms with van der Waals surface area (Å²) in [6.45, 7) is 4.32. The summed E-state index contributed by atoms with van der Waals surface area (Å²) in [5, 5.41) is 6.32. The van der Waals surface area contributed by atoms with Crippen LogP contribution in [0, 0.1) is 0 Å². The van der Waals surface area contributed by atoms with E-state index in [1.807, 2.05) is 36.4 Å². The molecule has 2 aromatic rings. The Kier molecular flexibility index (Phi) is 4.12. The molecule has 1 heterocycles. The maximum Gasteiger partial charge on any atom is 0.149 e. The number of hydrazone groups is 1. The summed E-state index contributed by atoms with van der Waals surface area (Å²) < 4.78 is 0.745. The standard InChI is InChI=1S/C18H17BrN2O/c1-12(2)13-7-9-14(10-8-13)21-17(11-22)15-5-3-4-6-16(15)18(19)20-21/h3-12,17H,1-2H3. The number of rotatable bonds is 3. The molecule has 3 nitrogen and oxygen atoms in total. The van der Waals surface area contributed by atoms with Crippen LogP contribution in [0.25, 0.3) is 0 Å². The van der Waals surface area contributed by atoms with Crippen molar-refractivity contribution in [1.82, 2.24) is 0 Å². The Morgan fingerprint density at radius 2 is 1.82 bits per heavy atom.